The summed E-state index contributed by atoms with van der Waals surface area (Å²) in [7, 11) is 0. The number of ether oxygens (including phenoxy) is 1. The number of hydrogen-bond donors (Lipinski definition) is 1. The SMILES string of the molecule is CC(C)c1ccccc1OCC1(O)CCC1. The zero-order valence-corrected chi connectivity index (χ0v) is 10.1. The van der Waals surface area contributed by atoms with Crippen LogP contribution in [0.15, 0.2) is 24.3 Å². The van der Waals surface area contributed by atoms with Crippen molar-refractivity contribution in [2.24, 2.45) is 0 Å². The van der Waals surface area contributed by atoms with Crippen LogP contribution in [0.5, 0.6) is 5.75 Å². The van der Waals surface area contributed by atoms with Gasteiger partial charge in [0.15, 0.2) is 0 Å². The van der Waals surface area contributed by atoms with Gasteiger partial charge in [0.25, 0.3) is 0 Å². The Morgan fingerprint density at radius 1 is 1.31 bits per heavy atom. The van der Waals surface area contributed by atoms with Crippen molar-refractivity contribution < 1.29 is 9.84 Å². The fourth-order valence-corrected chi connectivity index (χ4v) is 2.03. The summed E-state index contributed by atoms with van der Waals surface area (Å²) in [6.07, 6.45) is 2.86. The highest BCUT2D eigenvalue weighted by molar-refractivity contribution is 5.35. The molecule has 16 heavy (non-hydrogen) atoms. The van der Waals surface area contributed by atoms with E-state index in [1.165, 1.54) is 5.56 Å². The molecule has 0 aromatic heterocycles. The van der Waals surface area contributed by atoms with Gasteiger partial charge in [-0.2, -0.15) is 0 Å². The normalized spacial score (nSPS) is 18.2. The first-order valence-corrected chi connectivity index (χ1v) is 6.05. The Balaban J connectivity index is 2.03. The van der Waals surface area contributed by atoms with Gasteiger partial charge in [0.05, 0.1) is 5.60 Å². The van der Waals surface area contributed by atoms with Crippen LogP contribution < -0.4 is 4.74 Å². The van der Waals surface area contributed by atoms with E-state index in [2.05, 4.69) is 19.9 Å². The molecule has 88 valence electrons. The Bertz CT molecular complexity index is 354. The minimum absolute atomic E-state index is 0.427. The average Bonchev–Trinajstić information content (AvgIpc) is 2.24. The van der Waals surface area contributed by atoms with Crippen molar-refractivity contribution in [2.75, 3.05) is 6.61 Å². The van der Waals surface area contributed by atoms with Gasteiger partial charge in [0, 0.05) is 0 Å². The largest absolute Gasteiger partial charge is 0.490 e. The van der Waals surface area contributed by atoms with E-state index in [1.807, 2.05) is 18.2 Å². The second kappa shape index (κ2) is 4.46. The molecule has 0 heterocycles. The molecule has 0 spiro atoms. The predicted molar refractivity (Wildman–Crippen MR) is 64.8 cm³/mol. The van der Waals surface area contributed by atoms with Crippen LogP contribution in [0.4, 0.5) is 0 Å². The minimum atomic E-state index is -0.565. The van der Waals surface area contributed by atoms with Gasteiger partial charge in [0.1, 0.15) is 12.4 Å². The van der Waals surface area contributed by atoms with Crippen molar-refractivity contribution in [2.45, 2.75) is 44.6 Å². The Labute approximate surface area is 97.3 Å². The number of benzene rings is 1. The Hall–Kier alpha value is -1.02. The maximum atomic E-state index is 9.98. The zero-order chi connectivity index (χ0) is 11.6. The highest BCUT2D eigenvalue weighted by Gasteiger charge is 2.35. The van der Waals surface area contributed by atoms with Crippen LogP contribution in [0.25, 0.3) is 0 Å². The molecular weight excluding hydrogens is 200 g/mol. The fraction of sp³-hybridized carbons (Fsp3) is 0.571. The first-order chi connectivity index (χ1) is 7.61. The molecule has 0 radical (unpaired) electrons. The molecule has 1 N–H and O–H groups in total. The maximum Gasteiger partial charge on any atom is 0.122 e. The van der Waals surface area contributed by atoms with Crippen LogP contribution in [0.2, 0.25) is 0 Å². The van der Waals surface area contributed by atoms with E-state index in [1.54, 1.807) is 0 Å². The molecule has 1 fully saturated rings. The lowest BCUT2D eigenvalue weighted by Crippen LogP contribution is -2.42. The van der Waals surface area contributed by atoms with E-state index in [0.29, 0.717) is 12.5 Å². The Kier molecular flexibility index (Phi) is 3.20. The van der Waals surface area contributed by atoms with Gasteiger partial charge in [-0.05, 0) is 36.8 Å². The standard InChI is InChI=1S/C14H20O2/c1-11(2)12-6-3-4-7-13(12)16-10-14(15)8-5-9-14/h3-4,6-7,11,15H,5,8-10H2,1-2H3. The third kappa shape index (κ3) is 2.38. The van der Waals surface area contributed by atoms with Crippen LogP contribution in [0, 0.1) is 0 Å². The highest BCUT2D eigenvalue weighted by Crippen LogP contribution is 2.33. The quantitative estimate of drug-likeness (QED) is 0.844. The first kappa shape index (κ1) is 11.5. The fourth-order valence-electron chi connectivity index (χ4n) is 2.03. The van der Waals surface area contributed by atoms with Gasteiger partial charge in [-0.25, -0.2) is 0 Å². The molecule has 1 saturated carbocycles. The van der Waals surface area contributed by atoms with Crippen LogP contribution in [-0.4, -0.2) is 17.3 Å². The summed E-state index contributed by atoms with van der Waals surface area (Å²) in [6.45, 7) is 4.73. The zero-order valence-electron chi connectivity index (χ0n) is 10.1. The summed E-state index contributed by atoms with van der Waals surface area (Å²) in [5.74, 6) is 1.37. The summed E-state index contributed by atoms with van der Waals surface area (Å²) in [5.41, 5.74) is 0.648. The van der Waals surface area contributed by atoms with Crippen LogP contribution in [0.1, 0.15) is 44.6 Å². The molecule has 2 nitrogen and oxygen atoms in total. The molecule has 1 aromatic carbocycles. The maximum absolute atomic E-state index is 9.98. The molecule has 0 amide bonds. The average molecular weight is 220 g/mol. The van der Waals surface area contributed by atoms with Crippen molar-refractivity contribution >= 4 is 0 Å². The lowest BCUT2D eigenvalue weighted by Gasteiger charge is -2.36. The van der Waals surface area contributed by atoms with Crippen molar-refractivity contribution in [3.05, 3.63) is 29.8 Å². The molecule has 0 atom stereocenters. The Morgan fingerprint density at radius 3 is 2.56 bits per heavy atom. The summed E-state index contributed by atoms with van der Waals surface area (Å²) >= 11 is 0. The number of rotatable bonds is 4. The smallest absolute Gasteiger partial charge is 0.122 e. The minimum Gasteiger partial charge on any atom is -0.490 e. The second-order valence-electron chi connectivity index (χ2n) is 5.06. The van der Waals surface area contributed by atoms with Crippen molar-refractivity contribution in [3.8, 4) is 5.75 Å². The molecule has 1 aliphatic carbocycles. The number of hydrogen-bond acceptors (Lipinski definition) is 2. The molecule has 0 aliphatic heterocycles. The summed E-state index contributed by atoms with van der Waals surface area (Å²) in [6, 6.07) is 8.08. The molecule has 0 saturated heterocycles. The molecule has 2 heteroatoms. The van der Waals surface area contributed by atoms with Crippen LogP contribution in [-0.2, 0) is 0 Å². The molecular formula is C14H20O2. The molecule has 1 aliphatic rings. The Morgan fingerprint density at radius 2 is 2.00 bits per heavy atom. The second-order valence-corrected chi connectivity index (χ2v) is 5.06. The van der Waals surface area contributed by atoms with Crippen LogP contribution in [0.3, 0.4) is 0 Å². The molecule has 0 unspecified atom stereocenters. The molecule has 0 bridgehead atoms. The molecule has 2 rings (SSSR count). The van der Waals surface area contributed by atoms with E-state index in [9.17, 15) is 5.11 Å². The highest BCUT2D eigenvalue weighted by atomic mass is 16.5. The molecule has 1 aromatic rings. The van der Waals surface area contributed by atoms with Gasteiger partial charge in [-0.1, -0.05) is 32.0 Å². The number of aliphatic hydroxyl groups is 1. The van der Waals surface area contributed by atoms with E-state index >= 15 is 0 Å². The van der Waals surface area contributed by atoms with Crippen molar-refractivity contribution in [1.82, 2.24) is 0 Å². The van der Waals surface area contributed by atoms with E-state index in [0.717, 1.165) is 25.0 Å². The predicted octanol–water partition coefficient (Wildman–Crippen LogP) is 3.10. The summed E-state index contributed by atoms with van der Waals surface area (Å²) < 4.78 is 5.76. The van der Waals surface area contributed by atoms with Gasteiger partial charge in [-0.15, -0.1) is 0 Å². The third-order valence-electron chi connectivity index (χ3n) is 3.32. The topological polar surface area (TPSA) is 29.5 Å². The van der Waals surface area contributed by atoms with Gasteiger partial charge in [-0.3, -0.25) is 0 Å². The summed E-state index contributed by atoms with van der Waals surface area (Å²) in [5, 5.41) is 9.98. The van der Waals surface area contributed by atoms with Crippen molar-refractivity contribution in [3.63, 3.8) is 0 Å². The lowest BCUT2D eigenvalue weighted by molar-refractivity contribution is -0.0665. The number of para-hydroxylation sites is 1. The van der Waals surface area contributed by atoms with Gasteiger partial charge in [0.2, 0.25) is 0 Å². The first-order valence-electron chi connectivity index (χ1n) is 6.05. The lowest BCUT2D eigenvalue weighted by atomic mass is 9.81. The third-order valence-corrected chi connectivity index (χ3v) is 3.32. The van der Waals surface area contributed by atoms with Gasteiger partial charge < -0.3 is 9.84 Å². The van der Waals surface area contributed by atoms with Crippen molar-refractivity contribution in [1.29, 1.82) is 0 Å². The van der Waals surface area contributed by atoms with E-state index < -0.39 is 5.60 Å². The van der Waals surface area contributed by atoms with E-state index in [-0.39, 0.29) is 0 Å². The van der Waals surface area contributed by atoms with Crippen LogP contribution >= 0.6 is 0 Å². The summed E-state index contributed by atoms with van der Waals surface area (Å²) in [4.78, 5) is 0. The van der Waals surface area contributed by atoms with Gasteiger partial charge >= 0.3 is 0 Å². The van der Waals surface area contributed by atoms with E-state index in [4.69, 9.17) is 4.74 Å². The monoisotopic (exact) mass is 220 g/mol.